The number of hydrogen-bond acceptors (Lipinski definition) is 4. The highest BCUT2D eigenvalue weighted by Crippen LogP contribution is 2.24. The summed E-state index contributed by atoms with van der Waals surface area (Å²) in [6.45, 7) is 2.44. The first-order chi connectivity index (χ1) is 13.4. The van der Waals surface area contributed by atoms with Crippen LogP contribution in [0, 0.1) is 5.82 Å². The molecule has 0 saturated heterocycles. The minimum absolute atomic E-state index is 0.00985. The second-order valence-corrected chi connectivity index (χ2v) is 7.76. The minimum Gasteiger partial charge on any atom is -0.324 e. The summed E-state index contributed by atoms with van der Waals surface area (Å²) in [6.07, 6.45) is 0.742. The van der Waals surface area contributed by atoms with E-state index in [2.05, 4.69) is 10.3 Å². The van der Waals surface area contributed by atoms with Gasteiger partial charge in [-0.05, 0) is 42.8 Å². The Morgan fingerprint density at radius 2 is 2.04 bits per heavy atom. The molecule has 1 aromatic heterocycles. The molecule has 0 atom stereocenters. The van der Waals surface area contributed by atoms with Crippen LogP contribution < -0.4 is 10.9 Å². The van der Waals surface area contributed by atoms with E-state index in [1.165, 1.54) is 12.1 Å². The molecule has 146 valence electrons. The number of aromatic nitrogens is 2. The summed E-state index contributed by atoms with van der Waals surface area (Å²) in [5.74, 6) is -0.822. The number of nitrogens with zero attached hydrogens (tertiary/aromatic N) is 2. The van der Waals surface area contributed by atoms with Crippen molar-refractivity contribution in [2.45, 2.75) is 25.0 Å². The number of thioether (sulfide) groups is 1. The maximum Gasteiger partial charge on any atom is 0.262 e. The number of anilines is 1. The lowest BCUT2D eigenvalue weighted by Crippen LogP contribution is -2.24. The molecule has 0 saturated carbocycles. The molecule has 2 aromatic carbocycles. The van der Waals surface area contributed by atoms with Crippen LogP contribution in [0.1, 0.15) is 13.3 Å². The molecule has 0 aliphatic heterocycles. The SMILES string of the molecule is CCCn1c(SCC(=O)Nc2ccc(F)cc2Cl)nc2cc(Cl)ccc2c1=O. The number of carbonyl (C=O) groups excluding carboxylic acids is 1. The van der Waals surface area contributed by atoms with Crippen molar-refractivity contribution in [1.29, 1.82) is 0 Å². The van der Waals surface area contributed by atoms with E-state index in [0.29, 0.717) is 33.3 Å². The molecule has 0 fully saturated rings. The zero-order valence-electron chi connectivity index (χ0n) is 14.8. The molecule has 3 aromatic rings. The Bertz CT molecular complexity index is 1100. The predicted molar refractivity (Wildman–Crippen MR) is 112 cm³/mol. The largest absolute Gasteiger partial charge is 0.324 e. The summed E-state index contributed by atoms with van der Waals surface area (Å²) >= 11 is 13.1. The summed E-state index contributed by atoms with van der Waals surface area (Å²) in [5, 5.41) is 4.12. The van der Waals surface area contributed by atoms with Crippen LogP contribution in [0.2, 0.25) is 10.0 Å². The van der Waals surface area contributed by atoms with Crippen molar-refractivity contribution in [2.24, 2.45) is 0 Å². The maximum atomic E-state index is 13.1. The fourth-order valence-electron chi connectivity index (χ4n) is 2.61. The van der Waals surface area contributed by atoms with Crippen LogP contribution in [0.15, 0.2) is 46.3 Å². The smallest absolute Gasteiger partial charge is 0.262 e. The molecule has 9 heteroatoms. The standard InChI is InChI=1S/C19H16Cl2FN3O2S/c1-2-7-25-18(27)13-5-3-11(20)8-16(13)24-19(25)28-10-17(26)23-15-6-4-12(22)9-14(15)21/h3-6,8-9H,2,7,10H2,1H3,(H,23,26). The van der Waals surface area contributed by atoms with Crippen LogP contribution >= 0.6 is 35.0 Å². The summed E-state index contributed by atoms with van der Waals surface area (Å²) in [4.78, 5) is 29.6. The molecule has 0 spiro atoms. The predicted octanol–water partition coefficient (Wildman–Crippen LogP) is 4.98. The van der Waals surface area contributed by atoms with Gasteiger partial charge in [-0.3, -0.25) is 14.2 Å². The summed E-state index contributed by atoms with van der Waals surface area (Å²) in [7, 11) is 0. The monoisotopic (exact) mass is 439 g/mol. The lowest BCUT2D eigenvalue weighted by atomic mass is 10.2. The Morgan fingerprint density at radius 1 is 1.25 bits per heavy atom. The van der Waals surface area contributed by atoms with E-state index < -0.39 is 5.82 Å². The Kier molecular flexibility index (Phi) is 6.59. The van der Waals surface area contributed by atoms with Crippen molar-refractivity contribution in [2.75, 3.05) is 11.1 Å². The number of rotatable bonds is 6. The van der Waals surface area contributed by atoms with Gasteiger partial charge in [0.25, 0.3) is 5.56 Å². The van der Waals surface area contributed by atoms with Gasteiger partial charge in [0.15, 0.2) is 5.16 Å². The third-order valence-electron chi connectivity index (χ3n) is 3.87. The molecule has 0 bridgehead atoms. The van der Waals surface area contributed by atoms with E-state index in [0.717, 1.165) is 24.2 Å². The average molecular weight is 440 g/mol. The first-order valence-electron chi connectivity index (χ1n) is 8.47. The highest BCUT2D eigenvalue weighted by Gasteiger charge is 2.14. The van der Waals surface area contributed by atoms with Gasteiger partial charge < -0.3 is 5.32 Å². The maximum absolute atomic E-state index is 13.1. The molecule has 1 heterocycles. The zero-order valence-corrected chi connectivity index (χ0v) is 17.2. The van der Waals surface area contributed by atoms with Gasteiger partial charge in [-0.15, -0.1) is 0 Å². The number of benzene rings is 2. The minimum atomic E-state index is -0.486. The van der Waals surface area contributed by atoms with Crippen molar-refractivity contribution < 1.29 is 9.18 Å². The zero-order chi connectivity index (χ0) is 20.3. The van der Waals surface area contributed by atoms with Crippen molar-refractivity contribution in [3.63, 3.8) is 0 Å². The quantitative estimate of drug-likeness (QED) is 0.434. The topological polar surface area (TPSA) is 64.0 Å². The average Bonchev–Trinajstić information content (AvgIpc) is 2.65. The molecule has 3 rings (SSSR count). The normalized spacial score (nSPS) is 11.0. The molecule has 0 aliphatic carbocycles. The van der Waals surface area contributed by atoms with Crippen LogP contribution in [0.4, 0.5) is 10.1 Å². The molecule has 0 radical (unpaired) electrons. The number of hydrogen-bond donors (Lipinski definition) is 1. The Labute approximate surface area is 174 Å². The van der Waals surface area contributed by atoms with Crippen LogP contribution in [-0.2, 0) is 11.3 Å². The van der Waals surface area contributed by atoms with Crippen molar-refractivity contribution in [3.05, 3.63) is 62.6 Å². The van der Waals surface area contributed by atoms with E-state index in [4.69, 9.17) is 23.2 Å². The van der Waals surface area contributed by atoms with Crippen LogP contribution in [0.5, 0.6) is 0 Å². The number of halogens is 3. The summed E-state index contributed by atoms with van der Waals surface area (Å²) < 4.78 is 14.7. The number of fused-ring (bicyclic) bond motifs is 1. The molecule has 28 heavy (non-hydrogen) atoms. The highest BCUT2D eigenvalue weighted by atomic mass is 35.5. The van der Waals surface area contributed by atoms with Gasteiger partial charge in [0.2, 0.25) is 5.91 Å². The van der Waals surface area contributed by atoms with Gasteiger partial charge in [0.1, 0.15) is 5.82 Å². The highest BCUT2D eigenvalue weighted by molar-refractivity contribution is 7.99. The Hall–Kier alpha value is -2.09. The van der Waals surface area contributed by atoms with Crippen molar-refractivity contribution in [3.8, 4) is 0 Å². The third-order valence-corrected chi connectivity index (χ3v) is 5.39. The van der Waals surface area contributed by atoms with E-state index in [9.17, 15) is 14.0 Å². The van der Waals surface area contributed by atoms with E-state index in [1.807, 2.05) is 6.92 Å². The number of nitrogens with one attached hydrogen (secondary N) is 1. The number of carbonyl (C=O) groups is 1. The lowest BCUT2D eigenvalue weighted by molar-refractivity contribution is -0.113. The molecule has 1 amide bonds. The Balaban J connectivity index is 1.83. The van der Waals surface area contributed by atoms with E-state index in [1.54, 1.807) is 22.8 Å². The van der Waals surface area contributed by atoms with Crippen LogP contribution in [0.25, 0.3) is 10.9 Å². The van der Waals surface area contributed by atoms with Gasteiger partial charge in [-0.1, -0.05) is 41.9 Å². The molecule has 1 N–H and O–H groups in total. The Morgan fingerprint density at radius 3 is 2.75 bits per heavy atom. The first-order valence-corrected chi connectivity index (χ1v) is 10.2. The van der Waals surface area contributed by atoms with Gasteiger partial charge in [0, 0.05) is 11.6 Å². The van der Waals surface area contributed by atoms with Gasteiger partial charge in [-0.2, -0.15) is 0 Å². The first kappa shape index (κ1) is 20.6. The summed E-state index contributed by atoms with van der Waals surface area (Å²) in [6, 6.07) is 8.65. The van der Waals surface area contributed by atoms with Gasteiger partial charge in [0.05, 0.1) is 27.4 Å². The van der Waals surface area contributed by atoms with Crippen LogP contribution in [-0.4, -0.2) is 21.2 Å². The molecule has 5 nitrogen and oxygen atoms in total. The molecular formula is C19H16Cl2FN3O2S. The molecule has 0 unspecified atom stereocenters. The second-order valence-electron chi connectivity index (χ2n) is 5.97. The van der Waals surface area contributed by atoms with E-state index in [-0.39, 0.29) is 22.2 Å². The molecule has 0 aliphatic rings. The van der Waals surface area contributed by atoms with E-state index >= 15 is 0 Å². The van der Waals surface area contributed by atoms with Gasteiger partial charge in [-0.25, -0.2) is 9.37 Å². The van der Waals surface area contributed by atoms with Gasteiger partial charge >= 0.3 is 0 Å². The lowest BCUT2D eigenvalue weighted by Gasteiger charge is -2.12. The van der Waals surface area contributed by atoms with Crippen molar-refractivity contribution >= 4 is 57.5 Å². The van der Waals surface area contributed by atoms with Crippen molar-refractivity contribution in [1.82, 2.24) is 9.55 Å². The number of amides is 1. The summed E-state index contributed by atoms with van der Waals surface area (Å²) in [5.41, 5.74) is 0.625. The fraction of sp³-hybridized carbons (Fsp3) is 0.211. The fourth-order valence-corrected chi connectivity index (χ4v) is 3.82. The second kappa shape index (κ2) is 8.94. The third kappa shape index (κ3) is 4.66. The van der Waals surface area contributed by atoms with Crippen LogP contribution in [0.3, 0.4) is 0 Å². The molecular weight excluding hydrogens is 424 g/mol.